The Morgan fingerprint density at radius 1 is 1.21 bits per heavy atom. The van der Waals surface area contributed by atoms with Crippen molar-refractivity contribution in [1.29, 1.82) is 0 Å². The van der Waals surface area contributed by atoms with Gasteiger partial charge in [-0.2, -0.15) is 4.68 Å². The van der Waals surface area contributed by atoms with E-state index < -0.39 is 38.5 Å². The van der Waals surface area contributed by atoms with Crippen LogP contribution in [0.4, 0.5) is 5.69 Å². The van der Waals surface area contributed by atoms with E-state index in [1.165, 1.54) is 4.68 Å². The Balaban J connectivity index is 1.54. The molecule has 3 heterocycles. The van der Waals surface area contributed by atoms with Crippen LogP contribution in [0.5, 0.6) is 0 Å². The Labute approximate surface area is 197 Å². The van der Waals surface area contributed by atoms with E-state index in [1.807, 2.05) is 18.2 Å². The first-order valence-electron chi connectivity index (χ1n) is 9.66. The fourth-order valence-electron chi connectivity index (χ4n) is 3.39. The Morgan fingerprint density at radius 3 is 2.73 bits per heavy atom. The molecule has 1 aliphatic rings. The lowest BCUT2D eigenvalue weighted by Crippen LogP contribution is -2.34. The predicted octanol–water partition coefficient (Wildman–Crippen LogP) is 1.52. The van der Waals surface area contributed by atoms with Crippen LogP contribution in [0.15, 0.2) is 30.3 Å². The highest BCUT2D eigenvalue weighted by molar-refractivity contribution is 7.51. The van der Waals surface area contributed by atoms with Crippen molar-refractivity contribution in [2.45, 2.75) is 31.1 Å². The van der Waals surface area contributed by atoms with E-state index in [9.17, 15) is 14.8 Å². The van der Waals surface area contributed by atoms with Crippen molar-refractivity contribution in [3.63, 3.8) is 0 Å². The zero-order valence-electron chi connectivity index (χ0n) is 16.8. The summed E-state index contributed by atoms with van der Waals surface area (Å²) in [5.74, 6) is 0. The molecule has 15 heteroatoms. The Morgan fingerprint density at radius 2 is 2.00 bits per heavy atom. The number of halogens is 2. The van der Waals surface area contributed by atoms with Gasteiger partial charge in [-0.25, -0.2) is 4.98 Å². The lowest BCUT2D eigenvalue weighted by Gasteiger charge is -2.15. The first-order chi connectivity index (χ1) is 15.6. The predicted molar refractivity (Wildman–Crippen MR) is 118 cm³/mol. The molecule has 178 valence electrons. The van der Waals surface area contributed by atoms with Crippen LogP contribution in [0, 0.1) is 0 Å². The number of fused-ring (bicyclic) bond motifs is 1. The van der Waals surface area contributed by atoms with Gasteiger partial charge in [0.05, 0.1) is 12.3 Å². The van der Waals surface area contributed by atoms with Crippen molar-refractivity contribution in [3.8, 4) is 0 Å². The maximum absolute atomic E-state index is 10.9. The summed E-state index contributed by atoms with van der Waals surface area (Å²) in [6.45, 7) is 0.0657. The topological polar surface area (TPSA) is 172 Å². The number of aromatic nitrogens is 4. The number of anilines is 1. The maximum atomic E-state index is 10.9. The van der Waals surface area contributed by atoms with E-state index in [0.29, 0.717) is 22.8 Å². The fraction of sp³-hybridized carbons (Fsp3) is 0.389. The van der Waals surface area contributed by atoms with Crippen molar-refractivity contribution < 1.29 is 34.0 Å². The van der Waals surface area contributed by atoms with Gasteiger partial charge in [0.2, 0.25) is 0 Å². The van der Waals surface area contributed by atoms with Crippen molar-refractivity contribution in [2.24, 2.45) is 0 Å². The van der Waals surface area contributed by atoms with Crippen LogP contribution in [0.3, 0.4) is 0 Å². The molecule has 0 bridgehead atoms. The van der Waals surface area contributed by atoms with E-state index in [4.69, 9.17) is 42.5 Å². The first kappa shape index (κ1) is 24.3. The van der Waals surface area contributed by atoms with E-state index in [0.717, 1.165) is 5.56 Å². The third-order valence-corrected chi connectivity index (χ3v) is 5.84. The molecule has 0 aliphatic carbocycles. The highest BCUT2D eigenvalue weighted by Gasteiger charge is 2.45. The molecule has 33 heavy (non-hydrogen) atoms. The summed E-state index contributed by atoms with van der Waals surface area (Å²) in [6.07, 6.45) is -5.91. The number of pyridine rings is 1. The quantitative estimate of drug-likeness (QED) is 0.215. The number of hydrogen-bond acceptors (Lipinski definition) is 9. The van der Waals surface area contributed by atoms with Gasteiger partial charge in [-0.05, 0) is 17.7 Å². The SMILES string of the molecule is O=P(O)(O)COCC1O[C@@H](n2nnc3c(NCc4cccc(Cl)c4)cc(Cl)nc32)[C@H](O)[C@@H]1O. The smallest absolute Gasteiger partial charge is 0.350 e. The van der Waals surface area contributed by atoms with E-state index in [1.54, 1.807) is 12.1 Å². The lowest BCUT2D eigenvalue weighted by atomic mass is 10.1. The van der Waals surface area contributed by atoms with Gasteiger partial charge >= 0.3 is 7.60 Å². The highest BCUT2D eigenvalue weighted by atomic mass is 35.5. The van der Waals surface area contributed by atoms with Gasteiger partial charge < -0.3 is 34.8 Å². The van der Waals surface area contributed by atoms with Crippen molar-refractivity contribution in [3.05, 3.63) is 46.1 Å². The summed E-state index contributed by atoms with van der Waals surface area (Å²) < 4.78 is 22.7. The number of rotatable bonds is 8. The molecule has 1 saturated heterocycles. The number of aliphatic hydroxyl groups excluding tert-OH is 2. The van der Waals surface area contributed by atoms with Gasteiger partial charge in [0.25, 0.3) is 0 Å². The Kier molecular flexibility index (Phi) is 7.20. The molecule has 1 aliphatic heterocycles. The molecule has 3 aromatic rings. The average molecular weight is 520 g/mol. The van der Waals surface area contributed by atoms with Crippen LogP contribution in [0.2, 0.25) is 10.2 Å². The van der Waals surface area contributed by atoms with E-state index in [2.05, 4.69) is 20.6 Å². The summed E-state index contributed by atoms with van der Waals surface area (Å²) in [6, 6.07) is 8.88. The summed E-state index contributed by atoms with van der Waals surface area (Å²) in [5.41, 5.74) is 2.01. The average Bonchev–Trinajstić information content (AvgIpc) is 3.27. The molecule has 5 N–H and O–H groups in total. The van der Waals surface area contributed by atoms with Crippen LogP contribution in [-0.4, -0.2) is 71.2 Å². The minimum Gasteiger partial charge on any atom is -0.387 e. The zero-order valence-corrected chi connectivity index (χ0v) is 19.2. The molecule has 1 aromatic carbocycles. The number of aliphatic hydroxyl groups is 2. The first-order valence-corrected chi connectivity index (χ1v) is 12.2. The molecule has 0 spiro atoms. The molecule has 4 rings (SSSR count). The van der Waals surface area contributed by atoms with Crippen LogP contribution in [0.1, 0.15) is 11.8 Å². The van der Waals surface area contributed by atoms with Crippen LogP contribution in [0.25, 0.3) is 11.2 Å². The summed E-state index contributed by atoms with van der Waals surface area (Å²) in [7, 11) is -4.38. The minimum absolute atomic E-state index is 0.134. The molecule has 4 atom stereocenters. The second-order valence-electron chi connectivity index (χ2n) is 7.39. The number of ether oxygens (including phenoxy) is 2. The molecular formula is C18H20Cl2N5O7P. The highest BCUT2D eigenvalue weighted by Crippen LogP contribution is 2.36. The third-order valence-electron chi connectivity index (χ3n) is 4.89. The lowest BCUT2D eigenvalue weighted by molar-refractivity contribution is -0.0665. The van der Waals surface area contributed by atoms with Gasteiger partial charge in [-0.15, -0.1) is 5.10 Å². The minimum atomic E-state index is -4.38. The van der Waals surface area contributed by atoms with Gasteiger partial charge in [0.1, 0.15) is 29.8 Å². The number of nitrogens with zero attached hydrogens (tertiary/aromatic N) is 4. The van der Waals surface area contributed by atoms with Crippen molar-refractivity contribution >= 4 is 47.6 Å². The van der Waals surface area contributed by atoms with Crippen LogP contribution >= 0.6 is 30.8 Å². The second-order valence-corrected chi connectivity index (χ2v) is 9.80. The molecular weight excluding hydrogens is 500 g/mol. The summed E-state index contributed by atoms with van der Waals surface area (Å²) in [5, 5.41) is 32.8. The maximum Gasteiger partial charge on any atom is 0.350 e. The Hall–Kier alpha value is -1.86. The number of hydrogen-bond donors (Lipinski definition) is 5. The van der Waals surface area contributed by atoms with Gasteiger partial charge in [-0.3, -0.25) is 4.57 Å². The normalized spacial score (nSPS) is 23.3. The molecule has 1 unspecified atom stereocenters. The standard InChI is InChI=1S/C18H20Cl2N5O7P/c19-10-3-1-2-9(4-10)6-21-11-5-13(20)22-17-14(11)23-24-25(17)18-16(27)15(26)12(32-18)7-31-8-33(28,29)30/h1-5,12,15-16,18,26-27H,6-8H2,(H,21,22)(H2,28,29,30)/t12?,15-,16-,18-/m1/s1. The molecule has 2 aromatic heterocycles. The van der Waals surface area contributed by atoms with Crippen molar-refractivity contribution in [1.82, 2.24) is 20.0 Å². The van der Waals surface area contributed by atoms with E-state index in [-0.39, 0.29) is 17.4 Å². The third kappa shape index (κ3) is 5.62. The van der Waals surface area contributed by atoms with Crippen molar-refractivity contribution in [2.75, 3.05) is 18.3 Å². The molecule has 0 saturated carbocycles. The van der Waals surface area contributed by atoms with Crippen LogP contribution < -0.4 is 5.32 Å². The molecule has 0 amide bonds. The number of benzene rings is 1. The van der Waals surface area contributed by atoms with Crippen LogP contribution in [-0.2, 0) is 20.6 Å². The van der Waals surface area contributed by atoms with E-state index >= 15 is 0 Å². The summed E-state index contributed by atoms with van der Waals surface area (Å²) in [4.78, 5) is 22.0. The zero-order chi connectivity index (χ0) is 23.8. The summed E-state index contributed by atoms with van der Waals surface area (Å²) >= 11 is 12.2. The Bertz CT molecular complexity index is 1190. The van der Waals surface area contributed by atoms with Gasteiger partial charge in [0.15, 0.2) is 17.4 Å². The number of nitrogens with one attached hydrogen (secondary N) is 1. The van der Waals surface area contributed by atoms with Gasteiger partial charge in [-0.1, -0.05) is 40.5 Å². The molecule has 1 fully saturated rings. The molecule has 12 nitrogen and oxygen atoms in total. The largest absolute Gasteiger partial charge is 0.387 e. The van der Waals surface area contributed by atoms with Gasteiger partial charge in [0, 0.05) is 17.6 Å². The second kappa shape index (κ2) is 9.79. The monoisotopic (exact) mass is 519 g/mol. The fourth-order valence-corrected chi connectivity index (χ4v) is 4.14. The molecule has 0 radical (unpaired) electrons.